The molecule has 0 fully saturated rings. The molecule has 5 nitrogen and oxygen atoms in total. The molecule has 7 heteroatoms. The number of non-ortho nitro benzene ring substituents is 1. The number of aryl methyl sites for hydroxylation is 2. The molecule has 0 amide bonds. The summed E-state index contributed by atoms with van der Waals surface area (Å²) in [6.45, 7) is 4.02. The van der Waals surface area contributed by atoms with Gasteiger partial charge in [-0.3, -0.25) is 0 Å². The molecular formula is C40H35ClNO4P. The number of nitro groups is 1. The van der Waals surface area contributed by atoms with Crippen LogP contribution < -0.4 is 25.4 Å². The van der Waals surface area contributed by atoms with Crippen molar-refractivity contribution >= 4 is 38.8 Å². The summed E-state index contributed by atoms with van der Waals surface area (Å²) in [5, 5.41) is 14.6. The van der Waals surface area contributed by atoms with Crippen LogP contribution in [0.2, 0.25) is 0 Å². The summed E-state index contributed by atoms with van der Waals surface area (Å²) >= 11 is 8.48. The molecule has 0 radical (unpaired) electrons. The third-order valence-electron chi connectivity index (χ3n) is 8.50. The van der Waals surface area contributed by atoms with E-state index >= 15 is 0 Å². The number of benzene rings is 6. The van der Waals surface area contributed by atoms with Gasteiger partial charge in [-0.15, -0.1) is 0 Å². The Morgan fingerprint density at radius 3 is 1.60 bits per heavy atom. The van der Waals surface area contributed by atoms with Gasteiger partial charge in [0, 0.05) is 0 Å². The van der Waals surface area contributed by atoms with Crippen molar-refractivity contribution in [2.24, 2.45) is 0 Å². The van der Waals surface area contributed by atoms with Gasteiger partial charge in [0.15, 0.2) is 0 Å². The zero-order chi connectivity index (χ0) is 32.9. The van der Waals surface area contributed by atoms with Crippen LogP contribution in [0.15, 0.2) is 152 Å². The Labute approximate surface area is 280 Å². The first kappa shape index (κ1) is 32.0. The third kappa shape index (κ3) is 6.38. The Morgan fingerprint density at radius 1 is 0.660 bits per heavy atom. The van der Waals surface area contributed by atoms with Gasteiger partial charge >= 0.3 is 281 Å². The minimum absolute atomic E-state index is 0.0331. The van der Waals surface area contributed by atoms with Crippen LogP contribution in [0.4, 0.5) is 5.69 Å². The van der Waals surface area contributed by atoms with Crippen molar-refractivity contribution in [2.45, 2.75) is 26.6 Å². The van der Waals surface area contributed by atoms with Crippen LogP contribution in [0.25, 0.3) is 0 Å². The molecule has 0 spiro atoms. The molecule has 0 bridgehead atoms. The van der Waals surface area contributed by atoms with Gasteiger partial charge in [0.2, 0.25) is 0 Å². The number of nitro benzene ring substituents is 1. The second kappa shape index (κ2) is 13.4. The molecule has 0 aliphatic rings. The first-order valence-electron chi connectivity index (χ1n) is 15.4. The fourth-order valence-corrected chi connectivity index (χ4v) is 12.3. The number of nitrogens with zero attached hydrogens (tertiary/aromatic N) is 1. The van der Waals surface area contributed by atoms with Gasteiger partial charge in [-0.1, -0.05) is 0 Å². The van der Waals surface area contributed by atoms with E-state index in [-0.39, 0.29) is 10.6 Å². The summed E-state index contributed by atoms with van der Waals surface area (Å²) in [6.07, 6.45) is 0.449. The van der Waals surface area contributed by atoms with Crippen molar-refractivity contribution in [2.75, 3.05) is 0 Å². The van der Waals surface area contributed by atoms with E-state index < -0.39 is 5.96 Å². The van der Waals surface area contributed by atoms with E-state index in [0.29, 0.717) is 41.1 Å². The van der Waals surface area contributed by atoms with Gasteiger partial charge in [-0.25, -0.2) is 0 Å². The second-order valence-corrected chi connectivity index (χ2v) is 18.1. The summed E-state index contributed by atoms with van der Waals surface area (Å²) < 4.78 is 13.0. The van der Waals surface area contributed by atoms with Crippen LogP contribution in [0.1, 0.15) is 22.3 Å². The first-order valence-corrected chi connectivity index (χ1v) is 18.7. The third-order valence-corrected chi connectivity index (χ3v) is 15.7. The van der Waals surface area contributed by atoms with Crippen molar-refractivity contribution in [1.29, 1.82) is 0 Å². The summed E-state index contributed by atoms with van der Waals surface area (Å²) in [5.41, 5.74) is 3.33. The Morgan fingerprint density at radius 2 is 1.13 bits per heavy atom. The summed E-state index contributed by atoms with van der Waals surface area (Å²) in [5.74, 6) is -1.86. The topological polar surface area (TPSA) is 61.6 Å². The van der Waals surface area contributed by atoms with E-state index in [1.807, 2.05) is 117 Å². The van der Waals surface area contributed by atoms with Gasteiger partial charge in [0.25, 0.3) is 0 Å². The number of rotatable bonds is 11. The number of ether oxygens (including phenoxy) is 2. The predicted molar refractivity (Wildman–Crippen MR) is 195 cm³/mol. The second-order valence-electron chi connectivity index (χ2n) is 11.7. The fraction of sp³-hybridized carbons (Fsp3) is 0.100. The number of hydrogen-bond donors (Lipinski definition) is 0. The molecule has 0 unspecified atom stereocenters. The van der Waals surface area contributed by atoms with E-state index in [1.165, 1.54) is 12.1 Å². The number of hydrogen-bond acceptors (Lipinski definition) is 4. The van der Waals surface area contributed by atoms with Crippen molar-refractivity contribution in [1.82, 2.24) is 0 Å². The Hall–Kier alpha value is -4.96. The van der Waals surface area contributed by atoms with Crippen LogP contribution in [0.5, 0.6) is 17.2 Å². The zero-order valence-corrected chi connectivity index (χ0v) is 27.9. The molecule has 0 aromatic heterocycles. The standard InChI is InChI=1S/C40H35ClNO4P/c1-30-25-34(42(43)44)26-31(2)40(30)46-35-23-24-39(45-28-32-15-7-3-8-16-32)33(27-35)29-47(41,36-17-9-4-10-18-36,37-19-11-5-12-20-37)38-21-13-6-14-22-38/h3-27H,28-29H2,1-2H3. The predicted octanol–water partition coefficient (Wildman–Crippen LogP) is 9.77. The molecular weight excluding hydrogens is 625 g/mol. The van der Waals surface area contributed by atoms with Crippen molar-refractivity contribution in [3.05, 3.63) is 184 Å². The molecule has 0 atom stereocenters. The molecule has 6 aromatic carbocycles. The van der Waals surface area contributed by atoms with E-state index in [0.717, 1.165) is 27.0 Å². The van der Waals surface area contributed by atoms with Crippen molar-refractivity contribution in [3.63, 3.8) is 0 Å². The molecule has 6 rings (SSSR count). The molecule has 47 heavy (non-hydrogen) atoms. The first-order chi connectivity index (χ1) is 22.8. The average molecular weight is 660 g/mol. The van der Waals surface area contributed by atoms with Crippen LogP contribution in [0, 0.1) is 24.0 Å². The fourth-order valence-electron chi connectivity index (χ4n) is 6.19. The van der Waals surface area contributed by atoms with Gasteiger partial charge < -0.3 is 0 Å². The van der Waals surface area contributed by atoms with Gasteiger partial charge in [-0.05, 0) is 0 Å². The molecule has 0 saturated heterocycles. The molecule has 236 valence electrons. The van der Waals surface area contributed by atoms with E-state index in [4.69, 9.17) is 20.7 Å². The maximum absolute atomic E-state index is 11.5. The SMILES string of the molecule is Cc1cc([N+](=O)[O-])cc(C)c1Oc1ccc(OCc2ccccc2)c(CP(Cl)(c2ccccc2)(c2ccccc2)c2ccccc2)c1. The van der Waals surface area contributed by atoms with E-state index in [9.17, 15) is 10.1 Å². The minimum atomic E-state index is -3.73. The number of halogens is 1. The van der Waals surface area contributed by atoms with E-state index in [1.54, 1.807) is 0 Å². The Bertz CT molecular complexity index is 1880. The molecule has 0 N–H and O–H groups in total. The molecule has 0 heterocycles. The average Bonchev–Trinajstić information content (AvgIpc) is 3.11. The molecule has 0 saturated carbocycles. The van der Waals surface area contributed by atoms with Crippen LogP contribution in [-0.4, -0.2) is 4.92 Å². The Kier molecular flexibility index (Phi) is 9.13. The molecule has 0 aliphatic carbocycles. The summed E-state index contributed by atoms with van der Waals surface area (Å²) in [4.78, 5) is 11.1. The summed E-state index contributed by atoms with van der Waals surface area (Å²) in [7, 11) is 0. The van der Waals surface area contributed by atoms with Gasteiger partial charge in [0.1, 0.15) is 0 Å². The Balaban J connectivity index is 1.54. The molecule has 6 aromatic rings. The van der Waals surface area contributed by atoms with Gasteiger partial charge in [-0.2, -0.15) is 0 Å². The quantitative estimate of drug-likeness (QED) is 0.0789. The van der Waals surface area contributed by atoms with Crippen molar-refractivity contribution < 1.29 is 14.4 Å². The van der Waals surface area contributed by atoms with Crippen LogP contribution in [-0.2, 0) is 12.8 Å². The monoisotopic (exact) mass is 659 g/mol. The normalized spacial score (nSPS) is 12.1. The molecule has 0 aliphatic heterocycles. The zero-order valence-electron chi connectivity index (χ0n) is 26.3. The van der Waals surface area contributed by atoms with Gasteiger partial charge in [0.05, 0.1) is 0 Å². The van der Waals surface area contributed by atoms with E-state index in [2.05, 4.69) is 36.4 Å². The van der Waals surface area contributed by atoms with Crippen LogP contribution in [0.3, 0.4) is 0 Å². The van der Waals surface area contributed by atoms with Crippen LogP contribution >= 0.6 is 17.2 Å². The summed E-state index contributed by atoms with van der Waals surface area (Å²) in [6, 6.07) is 49.9. The van der Waals surface area contributed by atoms with Crippen molar-refractivity contribution in [3.8, 4) is 17.2 Å². The maximum atomic E-state index is 11.5.